The molecule has 0 aliphatic heterocycles. The van der Waals surface area contributed by atoms with E-state index in [1.807, 2.05) is 48.7 Å². The molecular formula is C22H24OS. The standard InChI is InChI=1S/C22H24OS/c1-18(19-12-6-3-7-13-19)22(20-14-8-4-9-15-20)24(2,23)21-16-10-5-11-17-21/h3-18,22-23H,1-2H3/t18-,22+/m1/s1. The van der Waals surface area contributed by atoms with E-state index in [4.69, 9.17) is 0 Å². The summed E-state index contributed by atoms with van der Waals surface area (Å²) in [5.74, 6) is 0.221. The van der Waals surface area contributed by atoms with Crippen molar-refractivity contribution in [3.8, 4) is 0 Å². The van der Waals surface area contributed by atoms with Crippen molar-refractivity contribution in [1.29, 1.82) is 0 Å². The molecule has 0 aliphatic carbocycles. The molecule has 1 N–H and O–H groups in total. The van der Waals surface area contributed by atoms with Gasteiger partial charge in [0.25, 0.3) is 0 Å². The van der Waals surface area contributed by atoms with E-state index >= 15 is 0 Å². The van der Waals surface area contributed by atoms with E-state index in [9.17, 15) is 4.55 Å². The minimum atomic E-state index is -2.00. The summed E-state index contributed by atoms with van der Waals surface area (Å²) < 4.78 is 11.6. The van der Waals surface area contributed by atoms with E-state index in [2.05, 4.69) is 55.5 Å². The maximum atomic E-state index is 11.6. The summed E-state index contributed by atoms with van der Waals surface area (Å²) in [5, 5.41) is 0.0449. The summed E-state index contributed by atoms with van der Waals surface area (Å²) in [6.07, 6.45) is 2.01. The van der Waals surface area contributed by atoms with E-state index in [-0.39, 0.29) is 11.2 Å². The molecule has 3 aromatic carbocycles. The molecule has 0 spiro atoms. The SMILES string of the molecule is C[C@H](c1ccccc1)[C@@H](c1ccccc1)S(C)(O)c1ccccc1. The first-order valence-electron chi connectivity index (χ1n) is 8.25. The highest BCUT2D eigenvalue weighted by Gasteiger charge is 2.35. The lowest BCUT2D eigenvalue weighted by Crippen LogP contribution is -2.16. The van der Waals surface area contributed by atoms with Gasteiger partial charge in [0.1, 0.15) is 0 Å². The fourth-order valence-electron chi connectivity index (χ4n) is 3.37. The Hall–Kier alpha value is -2.03. The number of hydrogen-bond acceptors (Lipinski definition) is 1. The third kappa shape index (κ3) is 3.40. The molecule has 1 nitrogen and oxygen atoms in total. The third-order valence-corrected chi connectivity index (χ3v) is 7.52. The van der Waals surface area contributed by atoms with Crippen LogP contribution in [0.5, 0.6) is 0 Å². The molecule has 0 saturated heterocycles. The highest BCUT2D eigenvalue weighted by atomic mass is 32.3. The first kappa shape index (κ1) is 16.8. The Bertz CT molecular complexity index is 754. The molecule has 0 saturated carbocycles. The lowest BCUT2D eigenvalue weighted by atomic mass is 9.93. The highest BCUT2D eigenvalue weighted by Crippen LogP contribution is 2.64. The van der Waals surface area contributed by atoms with Crippen LogP contribution in [0.1, 0.15) is 29.2 Å². The molecule has 2 heteroatoms. The van der Waals surface area contributed by atoms with Gasteiger partial charge in [-0.1, -0.05) is 85.8 Å². The van der Waals surface area contributed by atoms with Crippen molar-refractivity contribution < 1.29 is 4.55 Å². The summed E-state index contributed by atoms with van der Waals surface area (Å²) >= 11 is 0. The monoisotopic (exact) mass is 336 g/mol. The first-order chi connectivity index (χ1) is 11.6. The normalized spacial score (nSPS) is 17.5. The Labute approximate surface area is 146 Å². The quantitative estimate of drug-likeness (QED) is 0.564. The lowest BCUT2D eigenvalue weighted by molar-refractivity contribution is 0.591. The van der Waals surface area contributed by atoms with Crippen molar-refractivity contribution in [3.05, 3.63) is 102 Å². The van der Waals surface area contributed by atoms with Crippen LogP contribution in [-0.2, 0) is 0 Å². The first-order valence-corrected chi connectivity index (χ1v) is 10.3. The Morgan fingerprint density at radius 1 is 0.667 bits per heavy atom. The highest BCUT2D eigenvalue weighted by molar-refractivity contribution is 8.28. The maximum absolute atomic E-state index is 11.6. The average Bonchev–Trinajstić information content (AvgIpc) is 2.64. The van der Waals surface area contributed by atoms with Crippen LogP contribution in [0.4, 0.5) is 0 Å². The van der Waals surface area contributed by atoms with Crippen molar-refractivity contribution in [2.45, 2.75) is 23.0 Å². The van der Waals surface area contributed by atoms with Crippen molar-refractivity contribution in [2.75, 3.05) is 6.26 Å². The van der Waals surface area contributed by atoms with Crippen LogP contribution in [0.3, 0.4) is 0 Å². The summed E-state index contributed by atoms with van der Waals surface area (Å²) in [7, 11) is -2.00. The maximum Gasteiger partial charge on any atom is 0.0456 e. The minimum Gasteiger partial charge on any atom is -0.347 e. The van der Waals surface area contributed by atoms with Gasteiger partial charge in [0.2, 0.25) is 0 Å². The van der Waals surface area contributed by atoms with Gasteiger partial charge in [0.15, 0.2) is 0 Å². The number of rotatable bonds is 5. The minimum absolute atomic E-state index is 0.0449. The van der Waals surface area contributed by atoms with Crippen molar-refractivity contribution >= 4 is 10.3 Å². The van der Waals surface area contributed by atoms with E-state index in [0.29, 0.717) is 0 Å². The van der Waals surface area contributed by atoms with E-state index in [0.717, 1.165) is 4.90 Å². The number of hydrogen-bond donors (Lipinski definition) is 1. The van der Waals surface area contributed by atoms with Crippen molar-refractivity contribution in [1.82, 2.24) is 0 Å². The molecule has 0 bridgehead atoms. The predicted octanol–water partition coefficient (Wildman–Crippen LogP) is 6.50. The van der Waals surface area contributed by atoms with Crippen LogP contribution in [0.15, 0.2) is 95.9 Å². The van der Waals surface area contributed by atoms with Crippen LogP contribution < -0.4 is 0 Å². The van der Waals surface area contributed by atoms with Gasteiger partial charge in [0.05, 0.1) is 0 Å². The lowest BCUT2D eigenvalue weighted by Gasteiger charge is -2.42. The molecule has 0 amide bonds. The van der Waals surface area contributed by atoms with Gasteiger partial charge >= 0.3 is 0 Å². The smallest absolute Gasteiger partial charge is 0.0456 e. The van der Waals surface area contributed by atoms with Crippen LogP contribution in [0.25, 0.3) is 0 Å². The molecule has 0 heterocycles. The number of benzene rings is 3. The van der Waals surface area contributed by atoms with Crippen molar-refractivity contribution in [2.24, 2.45) is 0 Å². The van der Waals surface area contributed by atoms with Gasteiger partial charge in [-0.05, 0) is 35.4 Å². The molecule has 0 aromatic heterocycles. The second kappa shape index (κ2) is 7.25. The molecule has 0 fully saturated rings. The van der Waals surface area contributed by atoms with Crippen LogP contribution in [0.2, 0.25) is 0 Å². The Morgan fingerprint density at radius 2 is 1.08 bits per heavy atom. The molecule has 3 aromatic rings. The molecule has 1 unspecified atom stereocenters. The zero-order chi connectivity index (χ0) is 17.0. The second-order valence-corrected chi connectivity index (χ2v) is 9.13. The summed E-state index contributed by atoms with van der Waals surface area (Å²) in [6.45, 7) is 2.22. The Balaban J connectivity index is 2.09. The van der Waals surface area contributed by atoms with Gasteiger partial charge in [-0.2, -0.15) is 0 Å². The average molecular weight is 337 g/mol. The second-order valence-electron chi connectivity index (χ2n) is 6.28. The molecule has 0 aliphatic rings. The van der Waals surface area contributed by atoms with Gasteiger partial charge in [-0.15, -0.1) is 10.3 Å². The molecule has 124 valence electrons. The Morgan fingerprint density at radius 3 is 1.58 bits per heavy atom. The van der Waals surface area contributed by atoms with E-state index in [1.165, 1.54) is 11.1 Å². The fourth-order valence-corrected chi connectivity index (χ4v) is 6.01. The Kier molecular flexibility index (Phi) is 5.08. The summed E-state index contributed by atoms with van der Waals surface area (Å²) in [4.78, 5) is 1.03. The van der Waals surface area contributed by atoms with Crippen molar-refractivity contribution in [3.63, 3.8) is 0 Å². The van der Waals surface area contributed by atoms with E-state index in [1.54, 1.807) is 0 Å². The van der Waals surface area contributed by atoms with Crippen LogP contribution >= 0.6 is 10.3 Å². The van der Waals surface area contributed by atoms with Crippen LogP contribution in [0, 0.1) is 0 Å². The summed E-state index contributed by atoms with van der Waals surface area (Å²) in [6, 6.07) is 31.0. The van der Waals surface area contributed by atoms with Crippen LogP contribution in [-0.4, -0.2) is 10.8 Å². The van der Waals surface area contributed by atoms with Gasteiger partial charge < -0.3 is 4.55 Å². The zero-order valence-electron chi connectivity index (χ0n) is 14.2. The predicted molar refractivity (Wildman–Crippen MR) is 105 cm³/mol. The molecule has 3 rings (SSSR count). The van der Waals surface area contributed by atoms with Gasteiger partial charge in [-0.25, -0.2) is 0 Å². The fraction of sp³-hybridized carbons (Fsp3) is 0.182. The molecular weight excluding hydrogens is 312 g/mol. The van der Waals surface area contributed by atoms with E-state index < -0.39 is 10.3 Å². The zero-order valence-corrected chi connectivity index (χ0v) is 15.0. The van der Waals surface area contributed by atoms with Gasteiger partial charge in [-0.3, -0.25) is 0 Å². The molecule has 24 heavy (non-hydrogen) atoms. The third-order valence-electron chi connectivity index (χ3n) is 4.62. The molecule has 3 atom stereocenters. The molecule has 0 radical (unpaired) electrons. The van der Waals surface area contributed by atoms with Gasteiger partial charge in [0, 0.05) is 10.1 Å². The summed E-state index contributed by atoms with van der Waals surface area (Å²) in [5.41, 5.74) is 2.45. The topological polar surface area (TPSA) is 20.2 Å². The largest absolute Gasteiger partial charge is 0.347 e.